The molecule has 0 spiro atoms. The van der Waals surface area contributed by atoms with Crippen LogP contribution in [0.3, 0.4) is 0 Å². The second kappa shape index (κ2) is 8.60. The number of carbonyl (C=O) groups excluding carboxylic acids is 2. The minimum Gasteiger partial charge on any atom is -0.457 e. The fourth-order valence-electron chi connectivity index (χ4n) is 2.93. The highest BCUT2D eigenvalue weighted by Gasteiger charge is 2.37. The summed E-state index contributed by atoms with van der Waals surface area (Å²) in [6.45, 7) is 0.617. The lowest BCUT2D eigenvalue weighted by Gasteiger charge is -2.14. The van der Waals surface area contributed by atoms with Crippen molar-refractivity contribution in [1.82, 2.24) is 0 Å². The number of ether oxygens (including phenoxy) is 1. The smallest absolute Gasteiger partial charge is 0.416 e. The van der Waals surface area contributed by atoms with Gasteiger partial charge in [-0.1, -0.05) is 0 Å². The molecule has 0 unspecified atom stereocenters. The van der Waals surface area contributed by atoms with Crippen molar-refractivity contribution in [3.63, 3.8) is 0 Å². The zero-order chi connectivity index (χ0) is 24.6. The molecule has 0 bridgehead atoms. The van der Waals surface area contributed by atoms with Crippen molar-refractivity contribution in [2.75, 3.05) is 5.32 Å². The first-order valence-electron chi connectivity index (χ1n) is 9.05. The number of carbonyl (C=O) groups is 2. The van der Waals surface area contributed by atoms with E-state index < -0.39 is 47.2 Å². The Kier molecular flexibility index (Phi) is 6.21. The highest BCUT2D eigenvalue weighted by atomic mass is 19.4. The van der Waals surface area contributed by atoms with E-state index in [9.17, 15) is 40.7 Å². The van der Waals surface area contributed by atoms with Crippen molar-refractivity contribution < 1.29 is 45.1 Å². The summed E-state index contributed by atoms with van der Waals surface area (Å²) in [5.41, 5.74) is -4.74. The summed E-state index contributed by atoms with van der Waals surface area (Å²) < 4.78 is 87.8. The second-order valence-electron chi connectivity index (χ2n) is 6.85. The Labute approximate surface area is 180 Å². The third-order valence-corrected chi connectivity index (χ3v) is 4.33. The molecule has 33 heavy (non-hydrogen) atoms. The first kappa shape index (κ1) is 23.8. The monoisotopic (exact) mass is 473 g/mol. The van der Waals surface area contributed by atoms with Gasteiger partial charge in [0, 0.05) is 35.7 Å². The third-order valence-electron chi connectivity index (χ3n) is 4.33. The molecule has 1 heterocycles. The van der Waals surface area contributed by atoms with Crippen molar-refractivity contribution in [3.05, 3.63) is 75.1 Å². The van der Waals surface area contributed by atoms with Crippen LogP contribution in [0, 0.1) is 0 Å². The molecule has 0 fully saturated rings. The van der Waals surface area contributed by atoms with Gasteiger partial charge < -0.3 is 14.5 Å². The number of halogens is 6. The van der Waals surface area contributed by atoms with E-state index in [-0.39, 0.29) is 40.6 Å². The van der Waals surface area contributed by atoms with Gasteiger partial charge in [-0.2, -0.15) is 26.3 Å². The molecule has 6 nitrogen and oxygen atoms in total. The van der Waals surface area contributed by atoms with Crippen molar-refractivity contribution in [2.45, 2.75) is 25.9 Å². The molecule has 0 radical (unpaired) electrons. The van der Waals surface area contributed by atoms with Gasteiger partial charge >= 0.3 is 23.9 Å². The highest BCUT2D eigenvalue weighted by molar-refractivity contribution is 5.92. The molecule has 0 aliphatic carbocycles. The summed E-state index contributed by atoms with van der Waals surface area (Å²) in [7, 11) is 0. The minimum atomic E-state index is -5.13. The number of esters is 1. The fourth-order valence-corrected chi connectivity index (χ4v) is 2.93. The van der Waals surface area contributed by atoms with E-state index in [1.54, 1.807) is 0 Å². The molecule has 0 aliphatic heterocycles. The average Bonchev–Trinajstić information content (AvgIpc) is 2.69. The van der Waals surface area contributed by atoms with Crippen LogP contribution in [-0.2, 0) is 28.5 Å². The van der Waals surface area contributed by atoms with Gasteiger partial charge in [0.05, 0.1) is 16.7 Å². The Bertz CT molecular complexity index is 1260. The van der Waals surface area contributed by atoms with E-state index in [1.807, 2.05) is 0 Å². The summed E-state index contributed by atoms with van der Waals surface area (Å²) in [4.78, 5) is 35.3. The summed E-state index contributed by atoms with van der Waals surface area (Å²) in [6.07, 6.45) is -10.3. The van der Waals surface area contributed by atoms with E-state index in [2.05, 4.69) is 5.32 Å². The molecule has 12 heteroatoms. The molecule has 3 rings (SSSR count). The van der Waals surface area contributed by atoms with Gasteiger partial charge in [-0.25, -0.2) is 9.59 Å². The molecule has 1 N–H and O–H groups in total. The van der Waals surface area contributed by atoms with Crippen molar-refractivity contribution in [3.8, 4) is 0 Å². The summed E-state index contributed by atoms with van der Waals surface area (Å²) in [5, 5.41) is 2.75. The Morgan fingerprint density at radius 2 is 1.55 bits per heavy atom. The molecule has 0 saturated carbocycles. The lowest BCUT2D eigenvalue weighted by Crippen LogP contribution is -2.15. The molecule has 1 aromatic heterocycles. The fraction of sp³-hybridized carbons (Fsp3) is 0.190. The van der Waals surface area contributed by atoms with Crippen LogP contribution >= 0.6 is 0 Å². The molecule has 1 amide bonds. The van der Waals surface area contributed by atoms with Gasteiger partial charge in [-0.15, -0.1) is 0 Å². The molecular weight excluding hydrogens is 460 g/mol. The third kappa shape index (κ3) is 5.70. The number of hydrogen-bond acceptors (Lipinski definition) is 5. The second-order valence-corrected chi connectivity index (χ2v) is 6.85. The topological polar surface area (TPSA) is 85.6 Å². The van der Waals surface area contributed by atoms with Crippen LogP contribution in [0.25, 0.3) is 11.0 Å². The summed E-state index contributed by atoms with van der Waals surface area (Å²) >= 11 is 0. The number of alkyl halides is 6. The van der Waals surface area contributed by atoms with Gasteiger partial charge in [0.2, 0.25) is 5.91 Å². The normalized spacial score (nSPS) is 12.0. The van der Waals surface area contributed by atoms with Crippen LogP contribution in [0.1, 0.15) is 34.0 Å². The zero-order valence-electron chi connectivity index (χ0n) is 16.6. The number of benzene rings is 2. The van der Waals surface area contributed by atoms with E-state index in [4.69, 9.17) is 9.15 Å². The van der Waals surface area contributed by atoms with Crippen LogP contribution in [0.2, 0.25) is 0 Å². The first-order chi connectivity index (χ1) is 15.2. The predicted octanol–water partition coefficient (Wildman–Crippen LogP) is 5.15. The molecule has 0 saturated heterocycles. The van der Waals surface area contributed by atoms with E-state index in [0.29, 0.717) is 5.69 Å². The number of anilines is 1. The van der Waals surface area contributed by atoms with Crippen LogP contribution in [0.5, 0.6) is 0 Å². The summed E-state index contributed by atoms with van der Waals surface area (Å²) in [5.74, 6) is -1.84. The molecule has 0 aliphatic rings. The zero-order valence-corrected chi connectivity index (χ0v) is 16.6. The van der Waals surface area contributed by atoms with Crippen LogP contribution < -0.4 is 10.9 Å². The number of nitrogens with one attached hydrogen (secondary N) is 1. The largest absolute Gasteiger partial charge is 0.457 e. The van der Waals surface area contributed by atoms with Gasteiger partial charge in [-0.05, 0) is 30.3 Å². The van der Waals surface area contributed by atoms with E-state index in [1.165, 1.54) is 25.1 Å². The molecule has 174 valence electrons. The van der Waals surface area contributed by atoms with Crippen molar-refractivity contribution >= 4 is 28.5 Å². The maximum absolute atomic E-state index is 13.0. The molecular formula is C21H13F6NO5. The SMILES string of the molecule is CC(=O)Nc1ccc2c(COC(=O)c3cc(C(F)(F)F)cc(C(F)(F)F)c3)cc(=O)oc2c1. The van der Waals surface area contributed by atoms with E-state index in [0.717, 1.165) is 6.07 Å². The van der Waals surface area contributed by atoms with Crippen LogP contribution in [0.15, 0.2) is 51.7 Å². The lowest BCUT2D eigenvalue weighted by atomic mass is 10.0. The maximum Gasteiger partial charge on any atom is 0.416 e. The quantitative estimate of drug-likeness (QED) is 0.322. The van der Waals surface area contributed by atoms with Crippen molar-refractivity contribution in [1.29, 1.82) is 0 Å². The van der Waals surface area contributed by atoms with Gasteiger partial charge in [0.25, 0.3) is 0 Å². The van der Waals surface area contributed by atoms with Crippen LogP contribution in [-0.4, -0.2) is 11.9 Å². The predicted molar refractivity (Wildman–Crippen MR) is 102 cm³/mol. The number of amides is 1. The Morgan fingerprint density at radius 3 is 2.09 bits per heavy atom. The highest BCUT2D eigenvalue weighted by Crippen LogP contribution is 2.36. The Hall–Kier alpha value is -3.83. The maximum atomic E-state index is 13.0. The molecule has 2 aromatic carbocycles. The average molecular weight is 473 g/mol. The molecule has 0 atom stereocenters. The lowest BCUT2D eigenvalue weighted by molar-refractivity contribution is -0.143. The summed E-state index contributed by atoms with van der Waals surface area (Å²) in [6, 6.07) is 5.55. The van der Waals surface area contributed by atoms with Crippen LogP contribution in [0.4, 0.5) is 32.0 Å². The Morgan fingerprint density at radius 1 is 0.939 bits per heavy atom. The molecule has 3 aromatic rings. The minimum absolute atomic E-state index is 0.0122. The standard InChI is InChI=1S/C21H13F6NO5/c1-10(29)28-15-2-3-16-12(6-18(30)33-17(16)8-15)9-32-19(31)11-4-13(20(22,23)24)7-14(5-11)21(25,26)27/h2-8H,9H2,1H3,(H,28,29). The number of rotatable bonds is 4. The van der Waals surface area contributed by atoms with Gasteiger partial charge in [0.1, 0.15) is 12.2 Å². The number of hydrogen-bond donors (Lipinski definition) is 1. The Balaban J connectivity index is 1.92. The first-order valence-corrected chi connectivity index (χ1v) is 9.05. The number of fused-ring (bicyclic) bond motifs is 1. The van der Waals surface area contributed by atoms with Gasteiger partial charge in [-0.3, -0.25) is 4.79 Å². The van der Waals surface area contributed by atoms with E-state index >= 15 is 0 Å². The van der Waals surface area contributed by atoms with Crippen molar-refractivity contribution in [2.24, 2.45) is 0 Å². The van der Waals surface area contributed by atoms with Gasteiger partial charge in [0.15, 0.2) is 0 Å².